The summed E-state index contributed by atoms with van der Waals surface area (Å²) in [6.07, 6.45) is 12.0. The van der Waals surface area contributed by atoms with Gasteiger partial charge in [0.2, 0.25) is 0 Å². The summed E-state index contributed by atoms with van der Waals surface area (Å²) in [5.41, 5.74) is 1.04. The van der Waals surface area contributed by atoms with Crippen LogP contribution in [0, 0.1) is 35.0 Å². The average molecular weight is 259 g/mol. The second kappa shape index (κ2) is 4.30. The molecule has 0 aromatic heterocycles. The van der Waals surface area contributed by atoms with Crippen molar-refractivity contribution in [3.05, 3.63) is 11.6 Å². The van der Waals surface area contributed by atoms with Gasteiger partial charge in [-0.05, 0) is 68.6 Å². The van der Waals surface area contributed by atoms with Gasteiger partial charge in [-0.2, -0.15) is 17.0 Å². The molecule has 0 radical (unpaired) electrons. The summed E-state index contributed by atoms with van der Waals surface area (Å²) in [7, 11) is 0. The first-order valence-corrected chi connectivity index (χ1v) is 8.50. The highest BCUT2D eigenvalue weighted by Gasteiger charge is 2.48. The summed E-state index contributed by atoms with van der Waals surface area (Å²) in [5.74, 6) is 4.22. The lowest BCUT2D eigenvalue weighted by atomic mass is 9.56. The first-order chi connectivity index (χ1) is 8.81. The molecule has 1 unspecified atom stereocenters. The molecular weight excluding hydrogens is 238 g/mol. The third-order valence-electron chi connectivity index (χ3n) is 5.71. The fourth-order valence-corrected chi connectivity index (χ4v) is 7.02. The predicted molar refractivity (Wildman–Crippen MR) is 75.1 cm³/mol. The van der Waals surface area contributed by atoms with Crippen molar-refractivity contribution in [2.75, 3.05) is 0 Å². The molecule has 0 aromatic rings. The molecule has 1 nitrogen and oxygen atoms in total. The molecule has 2 heteroatoms. The van der Waals surface area contributed by atoms with Gasteiger partial charge >= 0.3 is 0 Å². The van der Waals surface area contributed by atoms with E-state index in [1.165, 1.54) is 25.7 Å². The highest BCUT2D eigenvalue weighted by molar-refractivity contribution is 8.00. The van der Waals surface area contributed by atoms with Crippen molar-refractivity contribution in [3.63, 3.8) is 0 Å². The van der Waals surface area contributed by atoms with E-state index < -0.39 is 0 Å². The first kappa shape index (κ1) is 11.4. The number of rotatable bonds is 2. The molecule has 0 saturated heterocycles. The summed E-state index contributed by atoms with van der Waals surface area (Å²) >= 11 is 2.26. The van der Waals surface area contributed by atoms with Gasteiger partial charge < -0.3 is 0 Å². The molecule has 5 rings (SSSR count). The summed E-state index contributed by atoms with van der Waals surface area (Å²) in [6, 6.07) is 2.34. The zero-order valence-corrected chi connectivity index (χ0v) is 11.7. The maximum Gasteiger partial charge on any atom is 0.0944 e. The van der Waals surface area contributed by atoms with E-state index in [0.717, 1.165) is 52.6 Å². The molecule has 5 aliphatic rings. The van der Waals surface area contributed by atoms with E-state index in [9.17, 15) is 0 Å². The van der Waals surface area contributed by atoms with Gasteiger partial charge in [-0.15, -0.1) is 0 Å². The van der Waals surface area contributed by atoms with Crippen molar-refractivity contribution in [1.82, 2.24) is 0 Å². The minimum Gasteiger partial charge on any atom is -0.193 e. The highest BCUT2D eigenvalue weighted by Crippen LogP contribution is 2.58. The number of hydrogen-bond donors (Lipinski definition) is 0. The number of nitriles is 1. The van der Waals surface area contributed by atoms with E-state index in [0.29, 0.717) is 0 Å². The van der Waals surface area contributed by atoms with Crippen molar-refractivity contribution in [3.8, 4) is 6.07 Å². The van der Waals surface area contributed by atoms with Gasteiger partial charge in [0.1, 0.15) is 0 Å². The van der Waals surface area contributed by atoms with Crippen LogP contribution in [-0.2, 0) is 0 Å². The number of allylic oxidation sites excluding steroid dienone is 2. The predicted octanol–water partition coefficient (Wildman–Crippen LogP) is 4.16. The lowest BCUT2D eigenvalue weighted by Gasteiger charge is -2.54. The average Bonchev–Trinajstić information content (AvgIpc) is 2.80. The molecule has 0 heterocycles. The summed E-state index contributed by atoms with van der Waals surface area (Å²) in [4.78, 5) is 0. The number of thioether (sulfide) groups is 1. The van der Waals surface area contributed by atoms with E-state index in [4.69, 9.17) is 5.26 Å². The Kier molecular flexibility index (Phi) is 2.73. The second-order valence-corrected chi connectivity index (χ2v) is 8.42. The van der Waals surface area contributed by atoms with Crippen LogP contribution < -0.4 is 0 Å². The molecule has 0 amide bonds. The van der Waals surface area contributed by atoms with Crippen LogP contribution in [0.2, 0.25) is 0 Å². The Hall–Kier alpha value is -0.420. The minimum absolute atomic E-state index is 0.724. The third-order valence-corrected chi connectivity index (χ3v) is 7.54. The smallest absolute Gasteiger partial charge is 0.0944 e. The van der Waals surface area contributed by atoms with Gasteiger partial charge in [-0.1, -0.05) is 6.08 Å². The van der Waals surface area contributed by atoms with Crippen LogP contribution in [0.4, 0.5) is 0 Å². The van der Waals surface area contributed by atoms with E-state index in [2.05, 4.69) is 23.9 Å². The molecule has 0 aromatic carbocycles. The first-order valence-electron chi connectivity index (χ1n) is 7.56. The zero-order chi connectivity index (χ0) is 12.1. The molecular formula is C16H21NS. The van der Waals surface area contributed by atoms with E-state index in [1.54, 1.807) is 6.42 Å². The Morgan fingerprint density at radius 1 is 1.06 bits per heavy atom. The van der Waals surface area contributed by atoms with Crippen molar-refractivity contribution in [1.29, 1.82) is 5.26 Å². The van der Waals surface area contributed by atoms with Crippen LogP contribution in [0.3, 0.4) is 0 Å². The molecule has 4 fully saturated rings. The fraction of sp³-hybridized carbons (Fsp3) is 0.812. The monoisotopic (exact) mass is 259 g/mol. The Balaban J connectivity index is 1.43. The second-order valence-electron chi connectivity index (χ2n) is 6.93. The molecule has 0 aliphatic heterocycles. The van der Waals surface area contributed by atoms with Gasteiger partial charge in [-0.25, -0.2) is 0 Å². The maximum absolute atomic E-state index is 8.96. The topological polar surface area (TPSA) is 23.8 Å². The molecule has 0 N–H and O–H groups in total. The van der Waals surface area contributed by atoms with Gasteiger partial charge in [-0.3, -0.25) is 0 Å². The molecule has 96 valence electrons. The summed E-state index contributed by atoms with van der Waals surface area (Å²) in [5, 5.41) is 10.6. The summed E-state index contributed by atoms with van der Waals surface area (Å²) < 4.78 is 0. The fourth-order valence-electron chi connectivity index (χ4n) is 5.20. The Bertz CT molecular complexity index is 391. The summed E-state index contributed by atoms with van der Waals surface area (Å²) in [6.45, 7) is 0. The molecule has 0 spiro atoms. The van der Waals surface area contributed by atoms with Crippen LogP contribution in [0.15, 0.2) is 11.6 Å². The Labute approximate surface area is 114 Å². The lowest BCUT2D eigenvalue weighted by molar-refractivity contribution is 0.0265. The van der Waals surface area contributed by atoms with Crippen molar-refractivity contribution in [2.24, 2.45) is 23.7 Å². The normalized spacial score (nSPS) is 49.2. The SMILES string of the molecule is N#CC1=CCC(SC2C3CC4CC(C3)CC2C4)C1. The molecule has 4 saturated carbocycles. The van der Waals surface area contributed by atoms with E-state index >= 15 is 0 Å². The quantitative estimate of drug-likeness (QED) is 0.743. The van der Waals surface area contributed by atoms with Crippen LogP contribution >= 0.6 is 11.8 Å². The lowest BCUT2D eigenvalue weighted by Crippen LogP contribution is -2.47. The number of nitrogens with zero attached hydrogens (tertiary/aromatic N) is 1. The van der Waals surface area contributed by atoms with Crippen LogP contribution in [0.25, 0.3) is 0 Å². The largest absolute Gasteiger partial charge is 0.193 e. The van der Waals surface area contributed by atoms with E-state index in [-0.39, 0.29) is 0 Å². The highest BCUT2D eigenvalue weighted by atomic mass is 32.2. The Morgan fingerprint density at radius 2 is 1.72 bits per heavy atom. The van der Waals surface area contributed by atoms with E-state index in [1.807, 2.05) is 0 Å². The van der Waals surface area contributed by atoms with Crippen LogP contribution in [0.5, 0.6) is 0 Å². The van der Waals surface area contributed by atoms with Crippen molar-refractivity contribution < 1.29 is 0 Å². The molecule has 1 atom stereocenters. The minimum atomic E-state index is 0.724. The number of hydrogen-bond acceptors (Lipinski definition) is 2. The van der Waals surface area contributed by atoms with Gasteiger partial charge in [0.25, 0.3) is 0 Å². The van der Waals surface area contributed by atoms with Gasteiger partial charge in [0.05, 0.1) is 6.07 Å². The molecule has 5 aliphatic carbocycles. The van der Waals surface area contributed by atoms with Gasteiger partial charge in [0, 0.05) is 16.1 Å². The standard InChI is InChI=1S/C16H21NS/c17-9-10-1-2-15(8-10)18-16-13-4-11-3-12(6-13)7-14(16)5-11/h1,11-16H,2-8H2. The third kappa shape index (κ3) is 1.83. The zero-order valence-electron chi connectivity index (χ0n) is 10.8. The maximum atomic E-state index is 8.96. The van der Waals surface area contributed by atoms with Crippen molar-refractivity contribution >= 4 is 11.8 Å². The van der Waals surface area contributed by atoms with Gasteiger partial charge in [0.15, 0.2) is 0 Å². The molecule has 4 bridgehead atoms. The van der Waals surface area contributed by atoms with Crippen molar-refractivity contribution in [2.45, 2.75) is 55.4 Å². The van der Waals surface area contributed by atoms with Crippen LogP contribution in [0.1, 0.15) is 44.9 Å². The Morgan fingerprint density at radius 3 is 2.28 bits per heavy atom. The van der Waals surface area contributed by atoms with Crippen LogP contribution in [-0.4, -0.2) is 10.5 Å². The molecule has 18 heavy (non-hydrogen) atoms.